The molecular weight excluding hydrogens is 1100 g/mol. The molecule has 7 heterocycles. The van der Waals surface area contributed by atoms with Crippen LogP contribution in [-0.4, -0.2) is 276 Å². The van der Waals surface area contributed by atoms with E-state index in [0.29, 0.717) is 43.5 Å². The van der Waals surface area contributed by atoms with Gasteiger partial charge in [-0.2, -0.15) is 0 Å². The van der Waals surface area contributed by atoms with Gasteiger partial charge in [-0.1, -0.05) is 27.7 Å². The maximum atomic E-state index is 14.8. The largest absolute Gasteiger partial charge is 0.394 e. The molecule has 7 aliphatic heterocycles. The van der Waals surface area contributed by atoms with Crippen LogP contribution in [0.2, 0.25) is 0 Å². The summed E-state index contributed by atoms with van der Waals surface area (Å²) in [4.78, 5) is 14.8. The minimum Gasteiger partial charge on any atom is -0.394 e. The molecule has 0 radical (unpaired) electrons. The van der Waals surface area contributed by atoms with Gasteiger partial charge in [-0.25, -0.2) is 0 Å². The predicted molar refractivity (Wildman–Crippen MR) is 274 cm³/mol. The van der Waals surface area contributed by atoms with Gasteiger partial charge in [0.25, 0.3) is 0 Å². The maximum absolute atomic E-state index is 14.8. The van der Waals surface area contributed by atoms with Crippen LogP contribution in [0, 0.1) is 52.3 Å². The molecule has 4 aliphatic carbocycles. The SMILES string of the molecule is C[C@@H]1CC[C@@]2(OC1)O[C@H]1C[C@H]3[C@@H]4CC[C@H]5C[C@@H](O[C@@H]6O[C@H](CO)[C@H](O[C@@H]7O[C@H](CO)[C@@H](O)[C@H](O[C@@H]8OC[C@@H](O)[C@H](O)[C@H]8O)[C@H]7O[C@@H]7O[C@H](CO)[C@@H](O)[C@H](O[C@@H]8O[C@@H](C)[C@H](O)[C@@H](O)[C@H]8O)[C@H]7O)[C@H](O)[C@H]6O)CC[C@]5(C)[C@H]4CC(=O)[C@]3(C)[C@H]1[C@@H]2C. The van der Waals surface area contributed by atoms with Crippen LogP contribution >= 0.6 is 0 Å². The van der Waals surface area contributed by atoms with E-state index in [0.717, 1.165) is 38.5 Å². The Morgan fingerprint density at radius 3 is 1.82 bits per heavy atom. The Morgan fingerprint density at radius 1 is 0.530 bits per heavy atom. The summed E-state index contributed by atoms with van der Waals surface area (Å²) in [5.74, 6) is 1.20. The lowest BCUT2D eigenvalue weighted by Crippen LogP contribution is -2.69. The van der Waals surface area contributed by atoms with E-state index in [1.165, 1.54) is 6.92 Å². The molecule has 476 valence electrons. The average Bonchev–Trinajstić information content (AvgIpc) is 1.62. The molecule has 83 heavy (non-hydrogen) atoms. The van der Waals surface area contributed by atoms with Gasteiger partial charge in [0.2, 0.25) is 0 Å². The number of ether oxygens (including phenoxy) is 12. The molecule has 27 heteroatoms. The molecule has 11 rings (SSSR count). The fourth-order valence-electron chi connectivity index (χ4n) is 17.0. The van der Waals surface area contributed by atoms with Crippen molar-refractivity contribution in [2.45, 2.75) is 258 Å². The highest BCUT2D eigenvalue weighted by molar-refractivity contribution is 5.87. The Morgan fingerprint density at radius 2 is 1.13 bits per heavy atom. The van der Waals surface area contributed by atoms with Crippen molar-refractivity contribution >= 4 is 5.78 Å². The number of fused-ring (bicyclic) bond motifs is 7. The normalized spacial score (nSPS) is 57.4. The molecule has 14 N–H and O–H groups in total. The standard InChI is InChI=1S/C56H90O27/c1-20-8-11-56(73-18-20)21(2)34-29(83-56)13-27-25-7-6-23-12-24(9-10-54(23,4)26(25)14-33(61)55(27,34)5)75-51-43(70)40(67)45(32(17-59)78-51)79-53-48(47(38(65)31(16-58)77-53)81-49-41(68)36(63)28(60)19-72-49)82-52-44(71)46(37(64)30(15-57)76-52)80-50-42(69)39(66)35(62)22(3)74-50/h20-32,34-53,57-60,62-71H,6-19H2,1-5H3/t20-,21+,22+,23+,24+,25-,26+,27+,28-,29+,30-,31-,32-,34+,35+,36+,37-,38-,39-,40-,41-,42-,43-,44-,45+,46+,47+,48-,49+,50+,51-,52+,53+,54+,55-,56-/m1/s1. The van der Waals surface area contributed by atoms with Crippen molar-refractivity contribution in [1.82, 2.24) is 0 Å². The van der Waals surface area contributed by atoms with Crippen LogP contribution in [0.25, 0.3) is 0 Å². The van der Waals surface area contributed by atoms with Crippen LogP contribution in [-0.2, 0) is 61.6 Å². The molecule has 7 saturated heterocycles. The lowest BCUT2D eigenvalue weighted by molar-refractivity contribution is -0.409. The smallest absolute Gasteiger partial charge is 0.187 e. The predicted octanol–water partition coefficient (Wildman–Crippen LogP) is -4.24. The van der Waals surface area contributed by atoms with Crippen molar-refractivity contribution in [3.05, 3.63) is 0 Å². The summed E-state index contributed by atoms with van der Waals surface area (Å²) in [6.45, 7) is 7.63. The number of ketones is 1. The van der Waals surface area contributed by atoms with Gasteiger partial charge in [0.15, 0.2) is 37.2 Å². The first kappa shape index (κ1) is 63.2. The second-order valence-corrected chi connectivity index (χ2v) is 26.5. The van der Waals surface area contributed by atoms with E-state index >= 15 is 0 Å². The number of carbonyl (C=O) groups excluding carboxylic acids is 1. The number of aliphatic hydroxyl groups excluding tert-OH is 14. The summed E-state index contributed by atoms with van der Waals surface area (Å²) < 4.78 is 73.3. The Labute approximate surface area is 480 Å². The number of Topliss-reactive ketones (excluding diaryl/α,β-unsaturated/α-hetero) is 1. The molecule has 0 aromatic carbocycles. The third-order valence-corrected chi connectivity index (χ3v) is 21.9. The first-order valence-corrected chi connectivity index (χ1v) is 30.1. The molecule has 11 aliphatic rings. The number of carbonyl (C=O) groups is 1. The van der Waals surface area contributed by atoms with Crippen molar-refractivity contribution in [3.8, 4) is 0 Å². The van der Waals surface area contributed by atoms with E-state index in [1.54, 1.807) is 0 Å². The molecule has 0 aromatic rings. The molecular formula is C56H90O27. The monoisotopic (exact) mass is 1190 g/mol. The number of aliphatic hydroxyl groups is 14. The van der Waals surface area contributed by atoms with Crippen LogP contribution in [0.4, 0.5) is 0 Å². The molecule has 1 spiro atoms. The summed E-state index contributed by atoms with van der Waals surface area (Å²) in [6, 6.07) is 0. The Hall–Kier alpha value is -1.37. The summed E-state index contributed by atoms with van der Waals surface area (Å²) in [5.41, 5.74) is -0.685. The second kappa shape index (κ2) is 24.4. The highest BCUT2D eigenvalue weighted by Crippen LogP contribution is 2.70. The Kier molecular flexibility index (Phi) is 18.6. The quantitative estimate of drug-likeness (QED) is 0.0777. The second-order valence-electron chi connectivity index (χ2n) is 26.5. The summed E-state index contributed by atoms with van der Waals surface area (Å²) in [5, 5.41) is 154. The third-order valence-electron chi connectivity index (χ3n) is 21.9. The first-order chi connectivity index (χ1) is 39.4. The molecule has 4 saturated carbocycles. The molecule has 11 fully saturated rings. The lowest BCUT2D eigenvalue weighted by atomic mass is 9.44. The van der Waals surface area contributed by atoms with Gasteiger partial charge in [-0.3, -0.25) is 4.79 Å². The molecule has 0 unspecified atom stereocenters. The lowest BCUT2D eigenvalue weighted by Gasteiger charge is -2.60. The van der Waals surface area contributed by atoms with Gasteiger partial charge in [-0.15, -0.1) is 0 Å². The van der Waals surface area contributed by atoms with Crippen LogP contribution in [0.3, 0.4) is 0 Å². The van der Waals surface area contributed by atoms with Crippen LogP contribution in [0.15, 0.2) is 0 Å². The number of hydrogen-bond acceptors (Lipinski definition) is 27. The van der Waals surface area contributed by atoms with E-state index in [4.69, 9.17) is 56.8 Å². The van der Waals surface area contributed by atoms with E-state index < -0.39 is 191 Å². The van der Waals surface area contributed by atoms with E-state index in [1.807, 2.05) is 0 Å². The Balaban J connectivity index is 0.787. The zero-order valence-corrected chi connectivity index (χ0v) is 47.5. The van der Waals surface area contributed by atoms with E-state index in [2.05, 4.69) is 27.7 Å². The van der Waals surface area contributed by atoms with Crippen LogP contribution in [0.5, 0.6) is 0 Å². The number of rotatable bonds is 13. The molecule has 0 amide bonds. The molecule has 0 aromatic heterocycles. The fraction of sp³-hybridized carbons (Fsp3) is 0.982. The van der Waals surface area contributed by atoms with Gasteiger partial charge < -0.3 is 128 Å². The van der Waals surface area contributed by atoms with Crippen molar-refractivity contribution in [3.63, 3.8) is 0 Å². The van der Waals surface area contributed by atoms with Crippen LogP contribution < -0.4 is 0 Å². The van der Waals surface area contributed by atoms with Gasteiger partial charge in [-0.05, 0) is 86.9 Å². The van der Waals surface area contributed by atoms with Gasteiger partial charge in [0.05, 0.1) is 51.3 Å². The third kappa shape index (κ3) is 10.9. The van der Waals surface area contributed by atoms with Crippen molar-refractivity contribution < 1.29 is 133 Å². The van der Waals surface area contributed by atoms with Crippen molar-refractivity contribution in [2.75, 3.05) is 33.0 Å². The average molecular weight is 1200 g/mol. The summed E-state index contributed by atoms with van der Waals surface area (Å²) in [6.07, 6.45) is -36.6. The van der Waals surface area contributed by atoms with Crippen LogP contribution in [0.1, 0.15) is 92.4 Å². The highest BCUT2D eigenvalue weighted by Gasteiger charge is 2.72. The zero-order valence-electron chi connectivity index (χ0n) is 47.5. The minimum absolute atomic E-state index is 0.0321. The van der Waals surface area contributed by atoms with Gasteiger partial charge in [0, 0.05) is 30.1 Å². The molecule has 27 nitrogen and oxygen atoms in total. The van der Waals surface area contributed by atoms with E-state index in [-0.39, 0.29) is 41.1 Å². The summed E-state index contributed by atoms with van der Waals surface area (Å²) in [7, 11) is 0. The molecule has 0 bridgehead atoms. The van der Waals surface area contributed by atoms with E-state index in [9.17, 15) is 76.3 Å². The van der Waals surface area contributed by atoms with Crippen molar-refractivity contribution in [1.29, 1.82) is 0 Å². The minimum atomic E-state index is -2.13. The topological polar surface area (TPSA) is 411 Å². The summed E-state index contributed by atoms with van der Waals surface area (Å²) >= 11 is 0. The van der Waals surface area contributed by atoms with Crippen molar-refractivity contribution in [2.24, 2.45) is 52.3 Å². The Bertz CT molecular complexity index is 2210. The van der Waals surface area contributed by atoms with Gasteiger partial charge >= 0.3 is 0 Å². The number of hydrogen-bond donors (Lipinski definition) is 14. The maximum Gasteiger partial charge on any atom is 0.187 e. The highest BCUT2D eigenvalue weighted by atomic mass is 16.8. The van der Waals surface area contributed by atoms with Gasteiger partial charge in [0.1, 0.15) is 116 Å². The fourth-order valence-corrected chi connectivity index (χ4v) is 17.0. The molecule has 36 atom stereocenters. The zero-order chi connectivity index (χ0) is 59.5. The first-order valence-electron chi connectivity index (χ1n) is 30.1.